The lowest BCUT2D eigenvalue weighted by Gasteiger charge is -2.24. The first kappa shape index (κ1) is 24.2. The van der Waals surface area contributed by atoms with Gasteiger partial charge in [0.25, 0.3) is 5.24 Å². The number of halogens is 4. The number of thioether (sulfide) groups is 1. The third-order valence-electron chi connectivity index (χ3n) is 4.70. The number of benzene rings is 1. The minimum Gasteiger partial charge on any atom is -0.481 e. The first-order valence-corrected chi connectivity index (χ1v) is 10.3. The van der Waals surface area contributed by atoms with E-state index in [1.54, 1.807) is 6.07 Å². The van der Waals surface area contributed by atoms with Crippen LogP contribution in [-0.2, 0) is 10.7 Å². The Balaban J connectivity index is 1.93. The lowest BCUT2D eigenvalue weighted by molar-refractivity contribution is -0.139. The highest BCUT2D eigenvalue weighted by Gasteiger charge is 2.39. The topological polar surface area (TPSA) is 77.8 Å². The van der Waals surface area contributed by atoms with Crippen molar-refractivity contribution in [2.45, 2.75) is 49.7 Å². The number of hydrogen-bond acceptors (Lipinski definition) is 4. The Labute approximate surface area is 175 Å². The molecule has 10 heteroatoms. The van der Waals surface area contributed by atoms with Gasteiger partial charge in [-0.05, 0) is 6.42 Å². The van der Waals surface area contributed by atoms with Crippen LogP contribution in [0.3, 0.4) is 0 Å². The second kappa shape index (κ2) is 10.3. The van der Waals surface area contributed by atoms with Crippen LogP contribution in [0.1, 0.15) is 31.2 Å². The number of carboxylic acids is 1. The number of nitrogens with zero attached hydrogens (tertiary/aromatic N) is 1. The van der Waals surface area contributed by atoms with Crippen LogP contribution in [-0.4, -0.2) is 56.7 Å². The van der Waals surface area contributed by atoms with Crippen molar-refractivity contribution in [1.29, 1.82) is 0 Å². The van der Waals surface area contributed by atoms with E-state index in [1.165, 1.54) is 35.2 Å². The van der Waals surface area contributed by atoms with Gasteiger partial charge in [-0.25, -0.2) is 8.78 Å². The van der Waals surface area contributed by atoms with Crippen molar-refractivity contribution >= 4 is 23.0 Å². The summed E-state index contributed by atoms with van der Waals surface area (Å²) in [7, 11) is 0. The average molecular weight is 449 g/mol. The molecule has 0 aliphatic carbocycles. The van der Waals surface area contributed by atoms with Crippen molar-refractivity contribution in [2.75, 3.05) is 12.3 Å². The Bertz CT molecular complexity index is 760. The summed E-state index contributed by atoms with van der Waals surface area (Å²) >= 11 is 0.943. The number of aliphatic hydroxyl groups is 1. The van der Waals surface area contributed by atoms with Gasteiger partial charge in [-0.3, -0.25) is 9.59 Å². The molecule has 0 bridgehead atoms. The molecule has 1 aliphatic rings. The number of amides is 1. The average Bonchev–Trinajstić information content (AvgIpc) is 3.05. The molecule has 5 nitrogen and oxygen atoms in total. The molecule has 166 valence electrons. The molecule has 2 N–H and O–H groups in total. The van der Waals surface area contributed by atoms with Gasteiger partial charge in [-0.2, -0.15) is 8.78 Å². The van der Waals surface area contributed by atoms with Crippen LogP contribution in [0.2, 0.25) is 0 Å². The third kappa shape index (κ3) is 6.73. The molecule has 2 unspecified atom stereocenters. The van der Waals surface area contributed by atoms with Gasteiger partial charge in [0.15, 0.2) is 0 Å². The van der Waals surface area contributed by atoms with Crippen molar-refractivity contribution in [2.24, 2.45) is 0 Å². The second-order valence-corrected chi connectivity index (χ2v) is 7.98. The predicted molar refractivity (Wildman–Crippen MR) is 105 cm³/mol. The van der Waals surface area contributed by atoms with E-state index in [0.717, 1.165) is 17.8 Å². The normalized spacial score (nSPS) is 18.9. The Hall–Kier alpha value is -2.07. The van der Waals surface area contributed by atoms with Crippen LogP contribution in [0.25, 0.3) is 0 Å². The van der Waals surface area contributed by atoms with Crippen molar-refractivity contribution in [3.63, 3.8) is 0 Å². The molecule has 0 aromatic heterocycles. The number of carbonyl (C=O) groups excluding carboxylic acids is 1. The van der Waals surface area contributed by atoms with Crippen LogP contribution < -0.4 is 0 Å². The van der Waals surface area contributed by atoms with E-state index in [2.05, 4.69) is 0 Å². The summed E-state index contributed by atoms with van der Waals surface area (Å²) < 4.78 is 56.1. The lowest BCUT2D eigenvalue weighted by Crippen LogP contribution is -2.35. The maximum atomic E-state index is 14.3. The quantitative estimate of drug-likeness (QED) is 0.384. The van der Waals surface area contributed by atoms with Crippen molar-refractivity contribution < 1.29 is 37.4 Å². The van der Waals surface area contributed by atoms with E-state index in [9.17, 15) is 32.3 Å². The predicted octanol–water partition coefficient (Wildman–Crippen LogP) is 4.51. The van der Waals surface area contributed by atoms with E-state index >= 15 is 0 Å². The SMILES string of the molecule is O=C(O)CCC(F)(F)CCCN1C(=O)SCC1/C=C/C(O)C(F)(F)c1ccccc1. The maximum Gasteiger partial charge on any atom is 0.303 e. The minimum absolute atomic E-state index is 0.0192. The standard InChI is InChI=1S/C20H23F4NO4S/c21-19(22,11-9-17(27)28)10-4-12-25-15(13-30-18(25)29)7-8-16(26)20(23,24)14-5-2-1-3-6-14/h1-3,5-8,15-16,26H,4,9-13H2,(H,27,28)/b8-7+. The summed E-state index contributed by atoms with van der Waals surface area (Å²) in [5.74, 6) is -7.73. The second-order valence-electron chi connectivity index (χ2n) is 7.01. The molecule has 1 aromatic carbocycles. The van der Waals surface area contributed by atoms with Crippen LogP contribution in [0, 0.1) is 0 Å². The monoisotopic (exact) mass is 449 g/mol. The molecular formula is C20H23F4NO4S. The Kier molecular flexibility index (Phi) is 8.31. The van der Waals surface area contributed by atoms with Crippen LogP contribution in [0.5, 0.6) is 0 Å². The maximum absolute atomic E-state index is 14.3. The highest BCUT2D eigenvalue weighted by molar-refractivity contribution is 8.13. The van der Waals surface area contributed by atoms with E-state index < -0.39 is 49.2 Å². The summed E-state index contributed by atoms with van der Waals surface area (Å²) in [5, 5.41) is 18.1. The minimum atomic E-state index is -3.52. The smallest absolute Gasteiger partial charge is 0.303 e. The molecule has 2 rings (SSSR count). The largest absolute Gasteiger partial charge is 0.481 e. The first-order chi connectivity index (χ1) is 14.0. The summed E-state index contributed by atoms with van der Waals surface area (Å²) in [6, 6.07) is 6.23. The van der Waals surface area contributed by atoms with Crippen LogP contribution >= 0.6 is 11.8 Å². The van der Waals surface area contributed by atoms with E-state index in [-0.39, 0.29) is 29.5 Å². The van der Waals surface area contributed by atoms with Crippen molar-refractivity contribution in [3.8, 4) is 0 Å². The van der Waals surface area contributed by atoms with Gasteiger partial charge in [-0.15, -0.1) is 0 Å². The van der Waals surface area contributed by atoms with Gasteiger partial charge in [-0.1, -0.05) is 54.2 Å². The van der Waals surface area contributed by atoms with Gasteiger partial charge >= 0.3 is 11.9 Å². The molecule has 1 aliphatic heterocycles. The summed E-state index contributed by atoms with van der Waals surface area (Å²) in [4.78, 5) is 23.7. The fraction of sp³-hybridized carbons (Fsp3) is 0.500. The number of carboxylic acid groups (broad SMARTS) is 1. The van der Waals surface area contributed by atoms with Gasteiger partial charge in [0.1, 0.15) is 6.10 Å². The summed E-state index contributed by atoms with van der Waals surface area (Å²) in [5.41, 5.74) is -0.348. The fourth-order valence-corrected chi connectivity index (χ4v) is 3.99. The van der Waals surface area contributed by atoms with E-state index in [0.29, 0.717) is 0 Å². The molecule has 1 heterocycles. The highest BCUT2D eigenvalue weighted by Crippen LogP contribution is 2.33. The summed E-state index contributed by atoms with van der Waals surface area (Å²) in [6.45, 7) is -0.0192. The Morgan fingerprint density at radius 1 is 1.23 bits per heavy atom. The lowest BCUT2D eigenvalue weighted by atomic mass is 10.0. The molecule has 0 saturated carbocycles. The number of rotatable bonds is 11. The molecule has 2 atom stereocenters. The summed E-state index contributed by atoms with van der Waals surface area (Å²) in [6.07, 6.45) is -1.97. The number of carbonyl (C=O) groups is 2. The Morgan fingerprint density at radius 2 is 1.90 bits per heavy atom. The van der Waals surface area contributed by atoms with Crippen molar-refractivity contribution in [3.05, 3.63) is 48.0 Å². The first-order valence-electron chi connectivity index (χ1n) is 9.36. The zero-order chi connectivity index (χ0) is 22.4. The number of aliphatic carboxylic acids is 1. The van der Waals surface area contributed by atoms with Gasteiger partial charge < -0.3 is 15.1 Å². The zero-order valence-electron chi connectivity index (χ0n) is 16.0. The van der Waals surface area contributed by atoms with Gasteiger partial charge in [0.2, 0.25) is 5.92 Å². The van der Waals surface area contributed by atoms with Crippen molar-refractivity contribution in [1.82, 2.24) is 4.90 Å². The molecule has 1 saturated heterocycles. The molecule has 30 heavy (non-hydrogen) atoms. The Morgan fingerprint density at radius 3 is 2.53 bits per heavy atom. The van der Waals surface area contributed by atoms with E-state index in [4.69, 9.17) is 5.11 Å². The third-order valence-corrected chi connectivity index (χ3v) is 5.69. The zero-order valence-corrected chi connectivity index (χ0v) is 16.8. The van der Waals surface area contributed by atoms with Gasteiger partial charge in [0, 0.05) is 30.7 Å². The molecule has 0 spiro atoms. The molecule has 1 fully saturated rings. The fourth-order valence-electron chi connectivity index (χ4n) is 2.99. The highest BCUT2D eigenvalue weighted by atomic mass is 32.2. The molecule has 0 radical (unpaired) electrons. The molecule has 1 aromatic rings. The molecular weight excluding hydrogens is 426 g/mol. The molecule has 1 amide bonds. The number of alkyl halides is 4. The number of aliphatic hydroxyl groups excluding tert-OH is 1. The van der Waals surface area contributed by atoms with Gasteiger partial charge in [0.05, 0.1) is 12.5 Å². The van der Waals surface area contributed by atoms with Crippen LogP contribution in [0.15, 0.2) is 42.5 Å². The van der Waals surface area contributed by atoms with E-state index in [1.807, 2.05) is 0 Å². The number of hydrogen-bond donors (Lipinski definition) is 2. The van der Waals surface area contributed by atoms with Crippen LogP contribution in [0.4, 0.5) is 22.4 Å².